The van der Waals surface area contributed by atoms with Gasteiger partial charge in [0, 0.05) is 44.6 Å². The fraction of sp³-hybridized carbons (Fsp3) is 0.370. The van der Waals surface area contributed by atoms with Crippen molar-refractivity contribution in [3.8, 4) is 21.8 Å². The molecule has 2 aliphatic heterocycles. The second kappa shape index (κ2) is 11.2. The van der Waals surface area contributed by atoms with Crippen LogP contribution in [0.2, 0.25) is 0 Å². The molecule has 0 unspecified atom stereocenters. The summed E-state index contributed by atoms with van der Waals surface area (Å²) in [5.41, 5.74) is 5.78. The summed E-state index contributed by atoms with van der Waals surface area (Å²) in [4.78, 5) is 53.0. The molecule has 1 aliphatic carbocycles. The van der Waals surface area contributed by atoms with Crippen LogP contribution in [0, 0.1) is 0 Å². The first-order valence-corrected chi connectivity index (χ1v) is 14.1. The zero-order chi connectivity index (χ0) is 27.6. The van der Waals surface area contributed by atoms with E-state index < -0.39 is 6.03 Å². The molecule has 4 N–H and O–H groups in total. The summed E-state index contributed by atoms with van der Waals surface area (Å²) in [7, 11) is 0. The van der Waals surface area contributed by atoms with Gasteiger partial charge in [0.05, 0.1) is 45.6 Å². The SMILES string of the molecule is O=C(CCCN1CCCC1=O)Nc1ccc(-c2[nH]nc3c2C(=O)c2c(NC(=O)NN4CCOCC4)cccc2-3)s1. The van der Waals surface area contributed by atoms with Crippen molar-refractivity contribution in [2.75, 3.05) is 50.0 Å². The van der Waals surface area contributed by atoms with Crippen LogP contribution in [-0.4, -0.2) is 83.1 Å². The lowest BCUT2D eigenvalue weighted by atomic mass is 10.1. The van der Waals surface area contributed by atoms with Gasteiger partial charge in [0.2, 0.25) is 11.8 Å². The number of ether oxygens (including phenoxy) is 1. The summed E-state index contributed by atoms with van der Waals surface area (Å²) in [6.07, 6.45) is 2.41. The molecule has 12 nitrogen and oxygen atoms in total. The maximum absolute atomic E-state index is 13.6. The van der Waals surface area contributed by atoms with Crippen molar-refractivity contribution >= 4 is 45.7 Å². The van der Waals surface area contributed by atoms with Crippen molar-refractivity contribution in [3.63, 3.8) is 0 Å². The molecule has 0 radical (unpaired) electrons. The number of hydrazine groups is 1. The third-order valence-electron chi connectivity index (χ3n) is 7.18. The Morgan fingerprint density at radius 1 is 1.05 bits per heavy atom. The molecule has 0 atom stereocenters. The van der Waals surface area contributed by atoms with E-state index in [0.717, 1.165) is 17.8 Å². The van der Waals surface area contributed by atoms with Crippen LogP contribution in [0.4, 0.5) is 15.5 Å². The van der Waals surface area contributed by atoms with E-state index in [1.165, 1.54) is 11.3 Å². The Morgan fingerprint density at radius 3 is 2.70 bits per heavy atom. The lowest BCUT2D eigenvalue weighted by Crippen LogP contribution is -2.49. The molecule has 1 aromatic carbocycles. The van der Waals surface area contributed by atoms with Gasteiger partial charge < -0.3 is 20.3 Å². The average Bonchev–Trinajstić information content (AvgIpc) is 3.72. The fourth-order valence-electron chi connectivity index (χ4n) is 5.24. The molecule has 0 saturated carbocycles. The summed E-state index contributed by atoms with van der Waals surface area (Å²) in [6.45, 7) is 3.61. The maximum atomic E-state index is 13.6. The monoisotopic (exact) mass is 563 g/mol. The predicted molar refractivity (Wildman–Crippen MR) is 149 cm³/mol. The molecule has 2 saturated heterocycles. The van der Waals surface area contributed by atoms with Crippen molar-refractivity contribution in [1.82, 2.24) is 25.5 Å². The number of ketones is 1. The van der Waals surface area contributed by atoms with E-state index in [1.54, 1.807) is 23.2 Å². The number of H-pyrrole nitrogens is 1. The first-order valence-electron chi connectivity index (χ1n) is 13.3. The van der Waals surface area contributed by atoms with Crippen LogP contribution in [0.15, 0.2) is 30.3 Å². The lowest BCUT2D eigenvalue weighted by molar-refractivity contribution is -0.128. The molecule has 2 fully saturated rings. The number of amides is 4. The van der Waals surface area contributed by atoms with Gasteiger partial charge in [-0.15, -0.1) is 11.3 Å². The minimum atomic E-state index is -0.430. The highest BCUT2D eigenvalue weighted by molar-refractivity contribution is 7.19. The normalized spacial score (nSPS) is 16.6. The molecule has 4 amide bonds. The van der Waals surface area contributed by atoms with E-state index in [9.17, 15) is 19.2 Å². The number of nitrogens with one attached hydrogen (secondary N) is 4. The number of fused-ring (bicyclic) bond motifs is 3. The smallest absolute Gasteiger partial charge is 0.333 e. The van der Waals surface area contributed by atoms with E-state index in [-0.39, 0.29) is 17.6 Å². The standard InChI is InChI=1S/C27H29N7O5S/c35-19(6-2-10-33-11-3-7-21(33)36)29-20-9-8-18(40-20)25-23-24(30-31-25)16-4-1-5-17(22(16)26(23)37)28-27(38)32-34-12-14-39-15-13-34/h1,4-5,8-9H,2-3,6-7,10-15H2,(H,29,35)(H,30,31)(H2,28,32,38). The highest BCUT2D eigenvalue weighted by Gasteiger charge is 2.35. The Labute approximate surface area is 234 Å². The molecule has 6 rings (SSSR count). The maximum Gasteiger partial charge on any atom is 0.333 e. The van der Waals surface area contributed by atoms with Gasteiger partial charge in [-0.25, -0.2) is 9.80 Å². The number of carbonyl (C=O) groups is 4. The third kappa shape index (κ3) is 5.22. The van der Waals surface area contributed by atoms with Crippen LogP contribution < -0.4 is 16.1 Å². The fourth-order valence-corrected chi connectivity index (χ4v) is 6.16. The number of benzene rings is 1. The van der Waals surface area contributed by atoms with Gasteiger partial charge in [-0.1, -0.05) is 12.1 Å². The molecule has 2 aromatic heterocycles. The van der Waals surface area contributed by atoms with Gasteiger partial charge in [-0.2, -0.15) is 5.10 Å². The minimum Gasteiger partial charge on any atom is -0.379 e. The number of hydrogen-bond donors (Lipinski definition) is 4. The van der Waals surface area contributed by atoms with Gasteiger partial charge >= 0.3 is 6.03 Å². The number of aromatic amines is 1. The van der Waals surface area contributed by atoms with Crippen LogP contribution >= 0.6 is 11.3 Å². The topological polar surface area (TPSA) is 149 Å². The van der Waals surface area contributed by atoms with Crippen LogP contribution in [0.3, 0.4) is 0 Å². The number of urea groups is 1. The van der Waals surface area contributed by atoms with Gasteiger partial charge in [0.25, 0.3) is 0 Å². The van der Waals surface area contributed by atoms with Crippen LogP contribution in [-0.2, 0) is 14.3 Å². The highest BCUT2D eigenvalue weighted by atomic mass is 32.1. The number of carbonyl (C=O) groups excluding carboxylic acids is 4. The number of anilines is 2. The summed E-state index contributed by atoms with van der Waals surface area (Å²) < 4.78 is 5.31. The number of nitrogens with zero attached hydrogens (tertiary/aromatic N) is 3. The molecule has 3 aromatic rings. The first kappa shape index (κ1) is 26.2. The second-order valence-electron chi connectivity index (χ2n) is 9.84. The summed E-state index contributed by atoms with van der Waals surface area (Å²) in [6, 6.07) is 8.49. The number of likely N-dealkylation sites (tertiary alicyclic amines) is 1. The van der Waals surface area contributed by atoms with Crippen molar-refractivity contribution in [1.29, 1.82) is 0 Å². The number of hydrogen-bond acceptors (Lipinski definition) is 8. The number of aromatic nitrogens is 2. The van der Waals surface area contributed by atoms with E-state index in [2.05, 4.69) is 26.3 Å². The van der Waals surface area contributed by atoms with Gasteiger partial charge in [0.1, 0.15) is 5.69 Å². The molecule has 40 heavy (non-hydrogen) atoms. The predicted octanol–water partition coefficient (Wildman–Crippen LogP) is 3.06. The molecule has 0 spiro atoms. The van der Waals surface area contributed by atoms with Crippen molar-refractivity contribution in [2.45, 2.75) is 25.7 Å². The molecule has 0 bridgehead atoms. The molecular weight excluding hydrogens is 534 g/mol. The van der Waals surface area contributed by atoms with Crippen molar-refractivity contribution in [2.24, 2.45) is 0 Å². The molecular formula is C27H29N7O5S. The molecule has 4 heterocycles. The Kier molecular flexibility index (Phi) is 7.32. The van der Waals surface area contributed by atoms with Crippen molar-refractivity contribution < 1.29 is 23.9 Å². The van der Waals surface area contributed by atoms with Gasteiger partial charge in [-0.05, 0) is 31.0 Å². The third-order valence-corrected chi connectivity index (χ3v) is 8.20. The second-order valence-corrected chi connectivity index (χ2v) is 10.9. The van der Waals surface area contributed by atoms with Gasteiger partial charge in [0.15, 0.2) is 5.78 Å². The lowest BCUT2D eigenvalue weighted by Gasteiger charge is -2.27. The Balaban J connectivity index is 1.12. The van der Waals surface area contributed by atoms with Crippen molar-refractivity contribution in [3.05, 3.63) is 41.5 Å². The summed E-state index contributed by atoms with van der Waals surface area (Å²) in [5.74, 6) is -0.192. The van der Waals surface area contributed by atoms with Crippen LogP contribution in [0.5, 0.6) is 0 Å². The number of thiophene rings is 1. The van der Waals surface area contributed by atoms with E-state index in [4.69, 9.17) is 4.74 Å². The summed E-state index contributed by atoms with van der Waals surface area (Å²) >= 11 is 1.34. The molecule has 208 valence electrons. The van der Waals surface area contributed by atoms with E-state index in [0.29, 0.717) is 90.9 Å². The Morgan fingerprint density at radius 2 is 1.90 bits per heavy atom. The first-order chi connectivity index (χ1) is 19.5. The van der Waals surface area contributed by atoms with Crippen LogP contribution in [0.25, 0.3) is 21.8 Å². The largest absolute Gasteiger partial charge is 0.379 e. The highest BCUT2D eigenvalue weighted by Crippen LogP contribution is 2.44. The van der Waals surface area contributed by atoms with Crippen LogP contribution in [0.1, 0.15) is 41.6 Å². The Bertz CT molecular complexity index is 1480. The zero-order valence-electron chi connectivity index (χ0n) is 21.7. The molecule has 3 aliphatic rings. The average molecular weight is 564 g/mol. The Hall–Kier alpha value is -4.07. The minimum absolute atomic E-state index is 0.121. The van der Waals surface area contributed by atoms with E-state index in [1.807, 2.05) is 17.0 Å². The quantitative estimate of drug-likeness (QED) is 0.257. The molecule has 13 heteroatoms. The zero-order valence-corrected chi connectivity index (χ0v) is 22.6. The summed E-state index contributed by atoms with van der Waals surface area (Å²) in [5, 5.41) is 15.6. The van der Waals surface area contributed by atoms with Gasteiger partial charge in [-0.3, -0.25) is 24.9 Å². The van der Waals surface area contributed by atoms with E-state index >= 15 is 0 Å². The number of rotatable bonds is 8. The number of morpholine rings is 1.